The summed E-state index contributed by atoms with van der Waals surface area (Å²) in [4.78, 5) is 21.5. The Kier molecular flexibility index (Phi) is 12.4. The number of hydrogen-bond donors (Lipinski definition) is 1. The molecule has 0 aliphatic carbocycles. The number of halogens is 1. The Hall–Kier alpha value is -1.52. The highest BCUT2D eigenvalue weighted by molar-refractivity contribution is 14.0. The fourth-order valence-electron chi connectivity index (χ4n) is 3.79. The van der Waals surface area contributed by atoms with Crippen molar-refractivity contribution in [3.05, 3.63) is 18.0 Å². The van der Waals surface area contributed by atoms with Gasteiger partial charge in [-0.3, -0.25) is 9.67 Å². The zero-order valence-corrected chi connectivity index (χ0v) is 23.1. The molecule has 0 atom stereocenters. The van der Waals surface area contributed by atoms with Crippen molar-refractivity contribution in [2.75, 3.05) is 39.3 Å². The number of nitrogens with zero attached hydrogens (tertiary/aromatic N) is 5. The highest BCUT2D eigenvalue weighted by Crippen LogP contribution is 2.20. The fourth-order valence-corrected chi connectivity index (χ4v) is 3.79. The van der Waals surface area contributed by atoms with Gasteiger partial charge in [0, 0.05) is 52.5 Å². The third-order valence-electron chi connectivity index (χ3n) is 5.40. The molecule has 0 aromatic carbocycles. The molecule has 1 aromatic rings. The number of likely N-dealkylation sites (tertiary alicyclic amines) is 1. The van der Waals surface area contributed by atoms with E-state index in [9.17, 15) is 4.79 Å². The van der Waals surface area contributed by atoms with Crippen LogP contribution in [0.2, 0.25) is 0 Å². The maximum absolute atomic E-state index is 12.4. The Morgan fingerprint density at radius 3 is 2.53 bits per heavy atom. The number of hydrogen-bond acceptors (Lipinski definition) is 4. The van der Waals surface area contributed by atoms with Gasteiger partial charge in [0.2, 0.25) is 0 Å². The molecule has 9 heteroatoms. The van der Waals surface area contributed by atoms with Gasteiger partial charge in [-0.25, -0.2) is 4.79 Å². The van der Waals surface area contributed by atoms with E-state index in [0.29, 0.717) is 12.5 Å². The average molecular weight is 563 g/mol. The van der Waals surface area contributed by atoms with Crippen molar-refractivity contribution in [3.8, 4) is 0 Å². The number of aliphatic imine (C=N–C) groups is 1. The molecule has 0 bridgehead atoms. The molecule has 184 valence electrons. The van der Waals surface area contributed by atoms with Gasteiger partial charge in [0.05, 0.1) is 6.20 Å². The Morgan fingerprint density at radius 1 is 1.31 bits per heavy atom. The van der Waals surface area contributed by atoms with Crippen LogP contribution in [0.3, 0.4) is 0 Å². The zero-order chi connectivity index (χ0) is 22.9. The summed E-state index contributed by atoms with van der Waals surface area (Å²) in [6.07, 6.45) is 7.90. The first kappa shape index (κ1) is 28.5. The number of aryl methyl sites for hydroxylation is 2. The lowest BCUT2D eigenvalue weighted by molar-refractivity contribution is 0.0214. The van der Waals surface area contributed by atoms with Crippen molar-refractivity contribution < 1.29 is 9.53 Å². The monoisotopic (exact) mass is 562 g/mol. The third kappa shape index (κ3) is 9.95. The lowest BCUT2D eigenvalue weighted by atomic mass is 9.96. The van der Waals surface area contributed by atoms with Gasteiger partial charge in [0.25, 0.3) is 0 Å². The van der Waals surface area contributed by atoms with Crippen molar-refractivity contribution in [1.29, 1.82) is 0 Å². The molecule has 1 fully saturated rings. The smallest absolute Gasteiger partial charge is 0.410 e. The summed E-state index contributed by atoms with van der Waals surface area (Å²) >= 11 is 0. The Morgan fingerprint density at radius 2 is 2.00 bits per heavy atom. The summed E-state index contributed by atoms with van der Waals surface area (Å²) < 4.78 is 7.40. The summed E-state index contributed by atoms with van der Waals surface area (Å²) in [7, 11) is 1.95. The molecule has 32 heavy (non-hydrogen) atoms. The molecule has 0 radical (unpaired) electrons. The topological polar surface area (TPSA) is 75.0 Å². The molecule has 2 rings (SSSR count). The second-order valence-electron chi connectivity index (χ2n) is 9.31. The number of carbonyl (C=O) groups excluding carboxylic acids is 1. The van der Waals surface area contributed by atoms with E-state index >= 15 is 0 Å². The third-order valence-corrected chi connectivity index (χ3v) is 5.40. The van der Waals surface area contributed by atoms with Crippen LogP contribution in [0.5, 0.6) is 0 Å². The van der Waals surface area contributed by atoms with Gasteiger partial charge in [0.15, 0.2) is 5.96 Å². The van der Waals surface area contributed by atoms with Crippen LogP contribution in [0, 0.1) is 5.92 Å². The van der Waals surface area contributed by atoms with Crippen molar-refractivity contribution in [2.24, 2.45) is 18.0 Å². The lowest BCUT2D eigenvalue weighted by Gasteiger charge is -2.36. The summed E-state index contributed by atoms with van der Waals surface area (Å²) in [6.45, 7) is 14.9. The molecule has 1 N–H and O–H groups in total. The van der Waals surface area contributed by atoms with Crippen LogP contribution >= 0.6 is 24.0 Å². The van der Waals surface area contributed by atoms with Crippen LogP contribution in [-0.4, -0.2) is 76.5 Å². The molecular formula is C23H43IN6O2. The van der Waals surface area contributed by atoms with E-state index in [0.717, 1.165) is 64.4 Å². The van der Waals surface area contributed by atoms with Gasteiger partial charge >= 0.3 is 6.09 Å². The Bertz CT molecular complexity index is 708. The van der Waals surface area contributed by atoms with E-state index in [1.165, 1.54) is 5.56 Å². The van der Waals surface area contributed by atoms with E-state index in [1.54, 1.807) is 0 Å². The largest absolute Gasteiger partial charge is 0.444 e. The number of nitrogens with one attached hydrogen (secondary N) is 1. The molecular weight excluding hydrogens is 519 g/mol. The van der Waals surface area contributed by atoms with Gasteiger partial charge < -0.3 is 19.9 Å². The van der Waals surface area contributed by atoms with Gasteiger partial charge in [-0.2, -0.15) is 5.10 Å². The van der Waals surface area contributed by atoms with Crippen molar-refractivity contribution in [2.45, 2.75) is 65.9 Å². The number of ether oxygens (including phenoxy) is 1. The van der Waals surface area contributed by atoms with Crippen LogP contribution < -0.4 is 5.32 Å². The van der Waals surface area contributed by atoms with E-state index in [2.05, 4.69) is 28.4 Å². The van der Waals surface area contributed by atoms with Gasteiger partial charge in [0.1, 0.15) is 5.60 Å². The molecule has 0 spiro atoms. The van der Waals surface area contributed by atoms with E-state index < -0.39 is 5.60 Å². The molecule has 8 nitrogen and oxygen atoms in total. The van der Waals surface area contributed by atoms with Crippen LogP contribution in [0.4, 0.5) is 4.79 Å². The molecule has 0 saturated carbocycles. The Labute approximate surface area is 211 Å². The average Bonchev–Trinajstić information content (AvgIpc) is 3.12. The van der Waals surface area contributed by atoms with E-state index in [1.807, 2.05) is 50.5 Å². The molecule has 2 heterocycles. The maximum Gasteiger partial charge on any atom is 0.410 e. The Balaban J connectivity index is 0.00000512. The standard InChI is InChI=1S/C23H42N6O2.HI/c1-7-24-21(25-13-9-10-20-16-26-27(6)17-20)29-14-11-19(12-15-29)18-28(8-2)22(30)31-23(3,4)5;/h16-17,19H,7-15,18H2,1-6H3,(H,24,25);1H. The van der Waals surface area contributed by atoms with Gasteiger partial charge in [-0.05, 0) is 71.8 Å². The van der Waals surface area contributed by atoms with Crippen LogP contribution in [-0.2, 0) is 18.2 Å². The first-order valence-corrected chi connectivity index (χ1v) is 11.7. The number of carbonyl (C=O) groups is 1. The first-order valence-electron chi connectivity index (χ1n) is 11.7. The number of rotatable bonds is 8. The molecule has 0 unspecified atom stereocenters. The number of amides is 1. The predicted octanol–water partition coefficient (Wildman–Crippen LogP) is 3.91. The summed E-state index contributed by atoms with van der Waals surface area (Å²) in [5.41, 5.74) is 0.802. The quantitative estimate of drug-likeness (QED) is 0.225. The normalized spacial score (nSPS) is 15.3. The molecule has 1 aromatic heterocycles. The number of aromatic nitrogens is 2. The van der Waals surface area contributed by atoms with Gasteiger partial charge in [-0.15, -0.1) is 24.0 Å². The number of guanidine groups is 1. The number of piperidine rings is 1. The molecule has 1 saturated heterocycles. The predicted molar refractivity (Wildman–Crippen MR) is 141 cm³/mol. The first-order chi connectivity index (χ1) is 14.7. The zero-order valence-electron chi connectivity index (χ0n) is 20.8. The van der Waals surface area contributed by atoms with Gasteiger partial charge in [-0.1, -0.05) is 0 Å². The van der Waals surface area contributed by atoms with Crippen molar-refractivity contribution in [3.63, 3.8) is 0 Å². The molecule has 1 amide bonds. The van der Waals surface area contributed by atoms with Crippen molar-refractivity contribution >= 4 is 36.0 Å². The summed E-state index contributed by atoms with van der Waals surface area (Å²) in [6, 6.07) is 0. The van der Waals surface area contributed by atoms with Crippen molar-refractivity contribution in [1.82, 2.24) is 24.9 Å². The molecule has 1 aliphatic rings. The van der Waals surface area contributed by atoms with Crippen LogP contribution in [0.15, 0.2) is 17.4 Å². The van der Waals surface area contributed by atoms with E-state index in [-0.39, 0.29) is 30.1 Å². The fraction of sp³-hybridized carbons (Fsp3) is 0.783. The second kappa shape index (κ2) is 13.9. The van der Waals surface area contributed by atoms with E-state index in [4.69, 9.17) is 9.73 Å². The van der Waals surface area contributed by atoms with Crippen LogP contribution in [0.1, 0.15) is 59.4 Å². The SMILES string of the molecule is CCNC(=NCCCc1cnn(C)c1)N1CCC(CN(CC)C(=O)OC(C)(C)C)CC1.I. The lowest BCUT2D eigenvalue weighted by Crippen LogP contribution is -2.48. The minimum absolute atomic E-state index is 0. The second-order valence-corrected chi connectivity index (χ2v) is 9.31. The summed E-state index contributed by atoms with van der Waals surface area (Å²) in [5, 5.41) is 7.66. The highest BCUT2D eigenvalue weighted by Gasteiger charge is 2.27. The maximum atomic E-state index is 12.4. The van der Waals surface area contributed by atoms with Crippen LogP contribution in [0.25, 0.3) is 0 Å². The summed E-state index contributed by atoms with van der Waals surface area (Å²) in [5.74, 6) is 1.50. The minimum Gasteiger partial charge on any atom is -0.444 e. The molecule has 1 aliphatic heterocycles. The highest BCUT2D eigenvalue weighted by atomic mass is 127. The minimum atomic E-state index is -0.456.